The van der Waals surface area contributed by atoms with Gasteiger partial charge in [0.1, 0.15) is 22.9 Å². The zero-order valence-corrected chi connectivity index (χ0v) is 32.2. The van der Waals surface area contributed by atoms with Crippen molar-refractivity contribution < 1.29 is 39.7 Å². The Bertz CT molecular complexity index is 2020. The number of carbonyl (C=O) groups is 2. The zero-order chi connectivity index (χ0) is 35.9. The number of hydrogen-bond donors (Lipinski definition) is 6. The molecule has 50 heavy (non-hydrogen) atoms. The Kier molecular flexibility index (Phi) is 12.4. The average molecular weight is 940 g/mol. The smallest absolute Gasteiger partial charge is 0.269 e. The molecule has 0 aliphatic carbocycles. The Morgan fingerprint density at radius 3 is 1.48 bits per heavy atom. The van der Waals surface area contributed by atoms with Gasteiger partial charge < -0.3 is 40.7 Å². The predicted octanol–water partition coefficient (Wildman–Crippen LogP) is 7.51. The third-order valence-corrected chi connectivity index (χ3v) is 9.96. The van der Waals surface area contributed by atoms with Gasteiger partial charge in [0.05, 0.1) is 17.9 Å². The van der Waals surface area contributed by atoms with E-state index < -0.39 is 11.8 Å². The third kappa shape index (κ3) is 9.15. The van der Waals surface area contributed by atoms with Crippen LogP contribution in [0.5, 0.6) is 34.5 Å². The number of hydrogen-bond acceptors (Lipinski definition) is 10. The van der Waals surface area contributed by atoms with E-state index in [9.17, 15) is 30.2 Å². The van der Waals surface area contributed by atoms with Crippen molar-refractivity contribution >= 4 is 87.0 Å². The summed E-state index contributed by atoms with van der Waals surface area (Å²) in [6, 6.07) is 16.8. The normalized spacial score (nSPS) is 16.2. The predicted molar refractivity (Wildman–Crippen MR) is 199 cm³/mol. The van der Waals surface area contributed by atoms with E-state index in [1.807, 2.05) is 12.1 Å². The fourth-order valence-electron chi connectivity index (χ4n) is 4.97. The van der Waals surface area contributed by atoms with Crippen molar-refractivity contribution in [1.82, 2.24) is 10.6 Å². The average Bonchev–Trinajstić information content (AvgIpc) is 3.08. The number of aromatic hydroxyl groups is 2. The Balaban J connectivity index is 1.45. The maximum Gasteiger partial charge on any atom is 0.269 e. The lowest BCUT2D eigenvalue weighted by Gasteiger charge is -2.15. The fourth-order valence-corrected chi connectivity index (χ4v) is 6.96. The lowest BCUT2D eigenvalue weighted by atomic mass is 10.1. The topological polar surface area (TPSA) is 182 Å². The number of carbonyl (C=O) groups excluding carboxylic acids is 2. The lowest BCUT2D eigenvalue weighted by Crippen LogP contribution is -2.33. The van der Waals surface area contributed by atoms with E-state index in [2.05, 4.69) is 84.7 Å². The van der Waals surface area contributed by atoms with Gasteiger partial charge in [0.2, 0.25) is 0 Å². The molecule has 0 fully saturated rings. The summed E-state index contributed by atoms with van der Waals surface area (Å²) in [5.74, 6) is -0.436. The molecule has 0 radical (unpaired) electrons. The number of oxime groups is 2. The van der Waals surface area contributed by atoms with Gasteiger partial charge in [0.15, 0.2) is 23.0 Å². The highest BCUT2D eigenvalue weighted by Crippen LogP contribution is 2.42. The van der Waals surface area contributed by atoms with Gasteiger partial charge in [-0.1, -0.05) is 22.4 Å². The van der Waals surface area contributed by atoms with E-state index in [1.165, 1.54) is 6.07 Å². The first kappa shape index (κ1) is 37.1. The van der Waals surface area contributed by atoms with Crippen LogP contribution in [-0.4, -0.2) is 57.0 Å². The molecule has 8 rings (SSSR count). The summed E-state index contributed by atoms with van der Waals surface area (Å²) in [6.45, 7) is 0.434. The monoisotopic (exact) mass is 936 g/mol. The molecule has 6 N–H and O–H groups in total. The SMILES string of the molecule is O=C1NCCc2ccc(c(Br)c2)Oc2cc(cc(Br)c2O)CCNC(=O)/C(=N/O)Cc2ccc(c(Br)c2)Oc2cc(cc(Br)c2O)C/C1=N/O. The van der Waals surface area contributed by atoms with Crippen LogP contribution in [0.4, 0.5) is 0 Å². The molecule has 0 atom stereocenters. The van der Waals surface area contributed by atoms with E-state index in [0.29, 0.717) is 48.9 Å². The van der Waals surface area contributed by atoms with Crippen molar-refractivity contribution in [3.63, 3.8) is 0 Å². The molecule has 2 amide bonds. The van der Waals surface area contributed by atoms with Gasteiger partial charge in [-0.05, 0) is 147 Å². The van der Waals surface area contributed by atoms with Gasteiger partial charge in [-0.25, -0.2) is 0 Å². The minimum absolute atomic E-state index is 0.00472. The summed E-state index contributed by atoms with van der Waals surface area (Å²) in [5, 5.41) is 52.7. The molecule has 4 aliphatic heterocycles. The number of phenolic OH excluding ortho intramolecular Hbond substituents is 2. The summed E-state index contributed by atoms with van der Waals surface area (Å²) in [7, 11) is 0. The molecule has 0 saturated heterocycles. The molecule has 4 aromatic rings. The number of nitrogens with one attached hydrogen (secondary N) is 2. The van der Waals surface area contributed by atoms with Crippen molar-refractivity contribution in [3.8, 4) is 34.5 Å². The van der Waals surface area contributed by atoms with E-state index in [0.717, 1.165) is 11.1 Å². The van der Waals surface area contributed by atoms with Crippen LogP contribution < -0.4 is 20.1 Å². The first-order valence-corrected chi connectivity index (χ1v) is 18.1. The molecule has 12 nitrogen and oxygen atoms in total. The van der Waals surface area contributed by atoms with E-state index >= 15 is 0 Å². The third-order valence-electron chi connectivity index (χ3n) is 7.52. The molecular formula is C34H28Br4N4O8. The summed E-state index contributed by atoms with van der Waals surface area (Å²) < 4.78 is 13.8. The van der Waals surface area contributed by atoms with Crippen molar-refractivity contribution in [3.05, 3.63) is 101 Å². The number of amides is 2. The number of ether oxygens (including phenoxy) is 2. The van der Waals surface area contributed by atoms with Crippen LogP contribution in [-0.2, 0) is 35.3 Å². The summed E-state index contributed by atoms with van der Waals surface area (Å²) in [4.78, 5) is 25.9. The molecular weight excluding hydrogens is 912 g/mol. The summed E-state index contributed by atoms with van der Waals surface area (Å²) in [6.07, 6.45) is 0.733. The molecule has 260 valence electrons. The van der Waals surface area contributed by atoms with Crippen molar-refractivity contribution in [2.24, 2.45) is 10.3 Å². The van der Waals surface area contributed by atoms with Crippen LogP contribution in [0, 0.1) is 0 Å². The molecule has 4 aromatic carbocycles. The highest BCUT2D eigenvalue weighted by atomic mass is 79.9. The molecule has 0 saturated carbocycles. The van der Waals surface area contributed by atoms with Crippen molar-refractivity contribution in [2.45, 2.75) is 25.7 Å². The molecule has 16 heteroatoms. The van der Waals surface area contributed by atoms with Crippen molar-refractivity contribution in [1.29, 1.82) is 0 Å². The molecule has 4 aliphatic rings. The van der Waals surface area contributed by atoms with Gasteiger partial charge in [0, 0.05) is 25.9 Å². The highest BCUT2D eigenvalue weighted by molar-refractivity contribution is 9.11. The maximum atomic E-state index is 12.9. The Hall–Kier alpha value is -4.12. The number of halogens is 4. The summed E-state index contributed by atoms with van der Waals surface area (Å²) in [5.41, 5.74) is 2.46. The number of benzene rings is 4. The maximum absolute atomic E-state index is 12.9. The second-order valence-corrected chi connectivity index (χ2v) is 14.5. The number of nitrogens with zero attached hydrogens (tertiary/aromatic N) is 2. The van der Waals surface area contributed by atoms with Crippen LogP contribution in [0.2, 0.25) is 0 Å². The molecule has 4 heterocycles. The van der Waals surface area contributed by atoms with Gasteiger partial charge >= 0.3 is 0 Å². The van der Waals surface area contributed by atoms with Gasteiger partial charge in [-0.3, -0.25) is 9.59 Å². The highest BCUT2D eigenvalue weighted by Gasteiger charge is 2.20. The van der Waals surface area contributed by atoms with Crippen LogP contribution in [0.25, 0.3) is 0 Å². The van der Waals surface area contributed by atoms with Crippen LogP contribution >= 0.6 is 63.7 Å². The van der Waals surface area contributed by atoms with E-state index in [4.69, 9.17) is 9.47 Å². The fraction of sp³-hybridized carbons (Fsp3) is 0.176. The zero-order valence-electron chi connectivity index (χ0n) is 25.8. The van der Waals surface area contributed by atoms with E-state index in [1.54, 1.807) is 42.5 Å². The molecule has 0 spiro atoms. The van der Waals surface area contributed by atoms with Crippen molar-refractivity contribution in [2.75, 3.05) is 13.1 Å². The minimum atomic E-state index is -0.579. The minimum Gasteiger partial charge on any atom is -0.503 e. The van der Waals surface area contributed by atoms with Crippen LogP contribution in [0.1, 0.15) is 22.3 Å². The first-order chi connectivity index (χ1) is 23.9. The standard InChI is InChI=1S/C34H28Br4N4O8/c35-21-9-17-1-3-27(21)49-29-15-19(11-23(37)31(29)43)6-8-40-33(45)25(41-47)13-18-2-4-28(22(36)10-18)50-30-16-20(12-24(38)32(30)44)14-26(42-48)34(46)39-7-5-17/h1-4,9-12,15-16,43-44,47-48H,5-8,13-14H2,(H,39,46)(H,40,45)/b41-25+,42-26-. The lowest BCUT2D eigenvalue weighted by molar-refractivity contribution is -0.115. The Morgan fingerprint density at radius 2 is 0.960 bits per heavy atom. The van der Waals surface area contributed by atoms with Crippen LogP contribution in [0.15, 0.2) is 88.9 Å². The van der Waals surface area contributed by atoms with E-state index in [-0.39, 0.29) is 64.8 Å². The second-order valence-electron chi connectivity index (χ2n) is 11.0. The Morgan fingerprint density at radius 1 is 0.540 bits per heavy atom. The number of rotatable bonds is 0. The van der Waals surface area contributed by atoms with Gasteiger partial charge in [0.25, 0.3) is 11.8 Å². The van der Waals surface area contributed by atoms with Gasteiger partial charge in [-0.15, -0.1) is 0 Å². The molecule has 0 unspecified atom stereocenters. The number of phenols is 2. The van der Waals surface area contributed by atoms with Gasteiger partial charge in [-0.2, -0.15) is 0 Å². The largest absolute Gasteiger partial charge is 0.503 e. The quantitative estimate of drug-likeness (QED) is 0.0774. The Labute approximate surface area is 319 Å². The summed E-state index contributed by atoms with van der Waals surface area (Å²) >= 11 is 13.6. The molecule has 8 bridgehead atoms. The van der Waals surface area contributed by atoms with Crippen LogP contribution in [0.3, 0.4) is 0 Å². The first-order valence-electron chi connectivity index (χ1n) is 14.9. The second kappa shape index (κ2) is 16.7. The molecule has 0 aromatic heterocycles.